The summed E-state index contributed by atoms with van der Waals surface area (Å²) in [4.78, 5) is 17.6. The van der Waals surface area contributed by atoms with E-state index in [1.807, 2.05) is 23.1 Å². The number of alkyl halides is 4. The Labute approximate surface area is 171 Å². The van der Waals surface area contributed by atoms with Gasteiger partial charge in [-0.15, -0.1) is 0 Å². The van der Waals surface area contributed by atoms with Gasteiger partial charge in [0.1, 0.15) is 17.9 Å². The smallest absolute Gasteiger partial charge is 0.370 e. The van der Waals surface area contributed by atoms with E-state index in [1.54, 1.807) is 18.2 Å². The molecule has 156 valence electrons. The number of hydrogen-bond donors (Lipinski definition) is 0. The van der Waals surface area contributed by atoms with Crippen molar-refractivity contribution in [2.45, 2.75) is 43.9 Å². The summed E-state index contributed by atoms with van der Waals surface area (Å²) in [5.41, 5.74) is 0.295. The molecule has 8 heteroatoms. The highest BCUT2D eigenvalue weighted by Crippen LogP contribution is 2.39. The van der Waals surface area contributed by atoms with Crippen LogP contribution in [0.5, 0.6) is 0 Å². The van der Waals surface area contributed by atoms with Gasteiger partial charge in [-0.3, -0.25) is 9.78 Å². The Hall–Kier alpha value is -2.15. The number of Topliss-reactive ketones (excluding diaryl/α,β-unsaturated/α-hetero) is 1. The molecule has 2 heterocycles. The number of carbonyl (C=O) groups excluding carboxylic acids is 1. The first-order valence-electron chi connectivity index (χ1n) is 9.39. The molecule has 1 aliphatic heterocycles. The van der Waals surface area contributed by atoms with Crippen molar-refractivity contribution in [2.24, 2.45) is 0 Å². The van der Waals surface area contributed by atoms with Crippen molar-refractivity contribution >= 4 is 23.1 Å². The Morgan fingerprint density at radius 2 is 1.79 bits per heavy atom. The van der Waals surface area contributed by atoms with Gasteiger partial charge < -0.3 is 4.90 Å². The molecule has 0 atom stereocenters. The lowest BCUT2D eigenvalue weighted by molar-refractivity contribution is -0.152. The predicted molar refractivity (Wildman–Crippen MR) is 104 cm³/mol. The number of carbonyl (C=O) groups is 1. The Bertz CT molecular complexity index is 850. The van der Waals surface area contributed by atoms with Gasteiger partial charge in [-0.2, -0.15) is 13.2 Å². The van der Waals surface area contributed by atoms with Crippen LogP contribution in [0.25, 0.3) is 0 Å². The molecule has 29 heavy (non-hydrogen) atoms. The number of halogens is 5. The molecule has 3 nitrogen and oxygen atoms in total. The fraction of sp³-hybridized carbons (Fsp3) is 0.429. The first-order valence-corrected chi connectivity index (χ1v) is 9.77. The third-order valence-electron chi connectivity index (χ3n) is 5.17. The number of aryl methyl sites for hydroxylation is 1. The van der Waals surface area contributed by atoms with Gasteiger partial charge in [0, 0.05) is 38.5 Å². The quantitative estimate of drug-likeness (QED) is 0.557. The van der Waals surface area contributed by atoms with E-state index in [0.717, 1.165) is 0 Å². The molecule has 0 radical (unpaired) electrons. The van der Waals surface area contributed by atoms with Gasteiger partial charge in [0.05, 0.1) is 16.4 Å². The van der Waals surface area contributed by atoms with Crippen molar-refractivity contribution in [3.63, 3.8) is 0 Å². The zero-order chi connectivity index (χ0) is 21.1. The number of rotatable bonds is 6. The van der Waals surface area contributed by atoms with Crippen LogP contribution >= 0.6 is 11.6 Å². The normalized spacial score (nSPS) is 16.7. The van der Waals surface area contributed by atoms with Crippen LogP contribution in [0, 0.1) is 0 Å². The standard InChI is InChI=1S/C21H21ClF4N2O/c22-19-17(7-6-16(29)14-21(24,25)26)27-11-8-18(19)28-12-9-20(23,10-13-28)15-4-2-1-3-5-15/h1-5,8,11H,6-7,9-10,12-14H2. The predicted octanol–water partition coefficient (Wildman–Crippen LogP) is 5.65. The number of ketones is 1. The molecule has 0 saturated carbocycles. The zero-order valence-corrected chi connectivity index (χ0v) is 16.4. The number of piperidine rings is 1. The zero-order valence-electron chi connectivity index (χ0n) is 15.7. The van der Waals surface area contributed by atoms with Gasteiger partial charge in [0.25, 0.3) is 0 Å². The number of benzene rings is 1. The number of pyridine rings is 1. The minimum Gasteiger partial charge on any atom is -0.370 e. The average Bonchev–Trinajstić information content (AvgIpc) is 2.67. The maximum absolute atomic E-state index is 15.3. The summed E-state index contributed by atoms with van der Waals surface area (Å²) in [6, 6.07) is 10.7. The van der Waals surface area contributed by atoms with Crippen molar-refractivity contribution in [1.82, 2.24) is 4.98 Å². The molecular weight excluding hydrogens is 408 g/mol. The van der Waals surface area contributed by atoms with Gasteiger partial charge in [0.2, 0.25) is 0 Å². The summed E-state index contributed by atoms with van der Waals surface area (Å²) in [6.07, 6.45) is -4.09. The van der Waals surface area contributed by atoms with Gasteiger partial charge in [-0.25, -0.2) is 4.39 Å². The van der Waals surface area contributed by atoms with Crippen LogP contribution in [0.4, 0.5) is 23.2 Å². The van der Waals surface area contributed by atoms with Crippen LogP contribution in [0.2, 0.25) is 5.02 Å². The van der Waals surface area contributed by atoms with Crippen LogP contribution in [0.3, 0.4) is 0 Å². The Kier molecular flexibility index (Phi) is 6.46. The maximum atomic E-state index is 15.3. The van der Waals surface area contributed by atoms with Gasteiger partial charge >= 0.3 is 6.18 Å². The van der Waals surface area contributed by atoms with Crippen molar-refractivity contribution in [3.05, 3.63) is 58.9 Å². The van der Waals surface area contributed by atoms with E-state index in [4.69, 9.17) is 11.6 Å². The first-order chi connectivity index (χ1) is 13.7. The molecule has 1 aromatic carbocycles. The lowest BCUT2D eigenvalue weighted by Gasteiger charge is -2.38. The molecule has 0 unspecified atom stereocenters. The lowest BCUT2D eigenvalue weighted by atomic mass is 9.86. The molecule has 0 spiro atoms. The van der Waals surface area contributed by atoms with Crippen LogP contribution in [-0.2, 0) is 16.9 Å². The van der Waals surface area contributed by atoms with E-state index in [9.17, 15) is 18.0 Å². The van der Waals surface area contributed by atoms with Crippen LogP contribution in [-0.4, -0.2) is 30.0 Å². The van der Waals surface area contributed by atoms with Crippen molar-refractivity contribution in [3.8, 4) is 0 Å². The summed E-state index contributed by atoms with van der Waals surface area (Å²) < 4.78 is 52.2. The molecule has 0 N–H and O–H groups in total. The SMILES string of the molecule is O=C(CCc1nccc(N2CCC(F)(c3ccccc3)CC2)c1Cl)CC(F)(F)F. The lowest BCUT2D eigenvalue weighted by Crippen LogP contribution is -2.40. The Morgan fingerprint density at radius 3 is 2.41 bits per heavy atom. The first kappa shape index (κ1) is 21.6. The maximum Gasteiger partial charge on any atom is 0.395 e. The summed E-state index contributed by atoms with van der Waals surface area (Å²) in [6.45, 7) is 0.892. The number of nitrogens with zero attached hydrogens (tertiary/aromatic N) is 2. The van der Waals surface area contributed by atoms with E-state index in [2.05, 4.69) is 4.98 Å². The summed E-state index contributed by atoms with van der Waals surface area (Å²) in [5.74, 6) is -0.899. The molecule has 1 aromatic heterocycles. The molecule has 0 bridgehead atoms. The molecule has 2 aromatic rings. The second-order valence-corrected chi connectivity index (χ2v) is 7.62. The fourth-order valence-corrected chi connectivity index (χ4v) is 3.92. The van der Waals surface area contributed by atoms with Gasteiger partial charge in [-0.1, -0.05) is 41.9 Å². The number of hydrogen-bond acceptors (Lipinski definition) is 3. The molecule has 1 aliphatic rings. The minimum atomic E-state index is -4.51. The van der Waals surface area contributed by atoms with E-state index >= 15 is 4.39 Å². The highest BCUT2D eigenvalue weighted by atomic mass is 35.5. The van der Waals surface area contributed by atoms with Gasteiger partial charge in [-0.05, 0) is 18.1 Å². The molecule has 3 rings (SSSR count). The van der Waals surface area contributed by atoms with E-state index < -0.39 is 24.0 Å². The molecular formula is C21H21ClF4N2O. The number of anilines is 1. The second kappa shape index (κ2) is 8.69. The monoisotopic (exact) mass is 428 g/mol. The average molecular weight is 429 g/mol. The molecule has 0 amide bonds. The van der Waals surface area contributed by atoms with E-state index in [1.165, 1.54) is 6.20 Å². The third kappa shape index (κ3) is 5.47. The second-order valence-electron chi connectivity index (χ2n) is 7.24. The van der Waals surface area contributed by atoms with Crippen LogP contribution in [0.15, 0.2) is 42.6 Å². The van der Waals surface area contributed by atoms with Crippen LogP contribution in [0.1, 0.15) is 36.9 Å². The van der Waals surface area contributed by atoms with Gasteiger partial charge in [0.15, 0.2) is 0 Å². The minimum absolute atomic E-state index is 0.0342. The molecule has 1 fully saturated rings. The topological polar surface area (TPSA) is 33.2 Å². The molecule has 0 aliphatic carbocycles. The van der Waals surface area contributed by atoms with Crippen molar-refractivity contribution < 1.29 is 22.4 Å². The highest BCUT2D eigenvalue weighted by Gasteiger charge is 2.36. The van der Waals surface area contributed by atoms with E-state index in [-0.39, 0.29) is 12.8 Å². The highest BCUT2D eigenvalue weighted by molar-refractivity contribution is 6.33. The largest absolute Gasteiger partial charge is 0.395 e. The Balaban J connectivity index is 1.65. The third-order valence-corrected chi connectivity index (χ3v) is 5.58. The fourth-order valence-electron chi connectivity index (χ4n) is 3.59. The van der Waals surface area contributed by atoms with Crippen molar-refractivity contribution in [1.29, 1.82) is 0 Å². The van der Waals surface area contributed by atoms with E-state index in [0.29, 0.717) is 47.9 Å². The summed E-state index contributed by atoms with van der Waals surface area (Å²) in [7, 11) is 0. The Morgan fingerprint density at radius 1 is 1.14 bits per heavy atom. The summed E-state index contributed by atoms with van der Waals surface area (Å²) in [5, 5.41) is 0.304. The van der Waals surface area contributed by atoms with Crippen molar-refractivity contribution in [2.75, 3.05) is 18.0 Å². The van der Waals surface area contributed by atoms with Crippen LogP contribution < -0.4 is 4.90 Å². The number of aromatic nitrogens is 1. The summed E-state index contributed by atoms with van der Waals surface area (Å²) >= 11 is 6.42. The molecule has 1 saturated heterocycles.